The molecule has 1 aromatic carbocycles. The van der Waals surface area contributed by atoms with Gasteiger partial charge in [0.15, 0.2) is 5.82 Å². The Morgan fingerprint density at radius 3 is 2.72 bits per heavy atom. The molecule has 2 aromatic heterocycles. The van der Waals surface area contributed by atoms with Crippen LogP contribution in [0.4, 0.5) is 5.82 Å². The van der Waals surface area contributed by atoms with Crippen molar-refractivity contribution < 1.29 is 29.0 Å². The predicted octanol–water partition coefficient (Wildman–Crippen LogP) is 1.59. The Morgan fingerprint density at radius 1 is 1.19 bits per heavy atom. The first-order valence-corrected chi connectivity index (χ1v) is 11.2. The van der Waals surface area contributed by atoms with Gasteiger partial charge in [-0.3, -0.25) is 19.3 Å². The molecule has 3 heterocycles. The smallest absolute Gasteiger partial charge is 0.335 e. The van der Waals surface area contributed by atoms with E-state index in [4.69, 9.17) is 9.84 Å². The van der Waals surface area contributed by atoms with E-state index in [0.29, 0.717) is 22.8 Å². The number of amides is 3. The number of aromatic nitrogens is 2. The molecule has 186 valence electrons. The number of carbonyl (C=O) groups is 4. The Hall–Kier alpha value is -4.67. The molecule has 1 aliphatic heterocycles. The van der Waals surface area contributed by atoms with Crippen molar-refractivity contribution in [2.75, 3.05) is 31.6 Å². The van der Waals surface area contributed by atoms with Crippen LogP contribution in [-0.2, 0) is 9.59 Å². The molecule has 0 spiro atoms. The molecule has 11 heteroatoms. The largest absolute Gasteiger partial charge is 0.493 e. The number of carboxylic acid groups (broad SMARTS) is 1. The van der Waals surface area contributed by atoms with Crippen molar-refractivity contribution in [3.05, 3.63) is 72.6 Å². The summed E-state index contributed by atoms with van der Waals surface area (Å²) >= 11 is 0. The Balaban J connectivity index is 1.53. The Kier molecular flexibility index (Phi) is 7.00. The summed E-state index contributed by atoms with van der Waals surface area (Å²) in [5, 5.41) is 11.7. The molecule has 1 unspecified atom stereocenters. The minimum absolute atomic E-state index is 0.0783. The van der Waals surface area contributed by atoms with E-state index in [1.165, 1.54) is 28.0 Å². The monoisotopic (exact) mass is 491 g/mol. The van der Waals surface area contributed by atoms with Crippen LogP contribution in [0, 0.1) is 0 Å². The third kappa shape index (κ3) is 4.90. The molecule has 4 rings (SSSR count). The summed E-state index contributed by atoms with van der Waals surface area (Å²) in [5.74, 6) is -1.26. The number of pyridine rings is 1. The lowest BCUT2D eigenvalue weighted by Gasteiger charge is -2.39. The van der Waals surface area contributed by atoms with Crippen LogP contribution in [-0.4, -0.2) is 75.9 Å². The number of piperazine rings is 1. The summed E-state index contributed by atoms with van der Waals surface area (Å²) in [6, 6.07) is 8.55. The van der Waals surface area contributed by atoms with Gasteiger partial charge in [-0.15, -0.1) is 0 Å². The number of ether oxygens (including phenoxy) is 1. The first kappa shape index (κ1) is 24.5. The van der Waals surface area contributed by atoms with Gasteiger partial charge in [-0.05, 0) is 36.4 Å². The van der Waals surface area contributed by atoms with E-state index in [2.05, 4.69) is 16.9 Å². The average molecular weight is 492 g/mol. The molecule has 1 atom stereocenters. The quantitative estimate of drug-likeness (QED) is 0.457. The highest BCUT2D eigenvalue weighted by Gasteiger charge is 2.38. The molecule has 2 N–H and O–H groups in total. The van der Waals surface area contributed by atoms with Crippen molar-refractivity contribution >= 4 is 35.2 Å². The average Bonchev–Trinajstić information content (AvgIpc) is 3.31. The van der Waals surface area contributed by atoms with Crippen molar-refractivity contribution in [2.45, 2.75) is 12.5 Å². The van der Waals surface area contributed by atoms with Crippen LogP contribution in [0.5, 0.6) is 5.75 Å². The predicted molar refractivity (Wildman–Crippen MR) is 130 cm³/mol. The van der Waals surface area contributed by atoms with E-state index in [9.17, 15) is 19.2 Å². The van der Waals surface area contributed by atoms with Gasteiger partial charge in [0.25, 0.3) is 11.8 Å². The summed E-state index contributed by atoms with van der Waals surface area (Å²) in [4.78, 5) is 56.6. The highest BCUT2D eigenvalue weighted by molar-refractivity contribution is 6.01. The molecule has 36 heavy (non-hydrogen) atoms. The zero-order chi connectivity index (χ0) is 25.8. The fourth-order valence-corrected chi connectivity index (χ4v) is 4.07. The number of benzene rings is 1. The maximum Gasteiger partial charge on any atom is 0.335 e. The third-order valence-corrected chi connectivity index (χ3v) is 5.89. The molecule has 0 aliphatic carbocycles. The van der Waals surface area contributed by atoms with E-state index in [0.717, 1.165) is 0 Å². The molecule has 3 amide bonds. The molecule has 0 bridgehead atoms. The Morgan fingerprint density at radius 2 is 2.00 bits per heavy atom. The van der Waals surface area contributed by atoms with Crippen molar-refractivity contribution in [3.8, 4) is 5.75 Å². The second kappa shape index (κ2) is 10.3. The molecular weight excluding hydrogens is 466 g/mol. The lowest BCUT2D eigenvalue weighted by atomic mass is 10.1. The fraction of sp³-hybridized carbons (Fsp3) is 0.240. The molecule has 1 fully saturated rings. The van der Waals surface area contributed by atoms with E-state index in [1.807, 2.05) is 0 Å². The molecule has 1 saturated heterocycles. The minimum atomic E-state index is -1.07. The van der Waals surface area contributed by atoms with Crippen molar-refractivity contribution in [1.29, 1.82) is 0 Å². The minimum Gasteiger partial charge on any atom is -0.493 e. The lowest BCUT2D eigenvalue weighted by Crippen LogP contribution is -2.59. The van der Waals surface area contributed by atoms with Crippen LogP contribution in [0.15, 0.2) is 61.4 Å². The first-order chi connectivity index (χ1) is 17.3. The van der Waals surface area contributed by atoms with Gasteiger partial charge in [0.2, 0.25) is 5.91 Å². The van der Waals surface area contributed by atoms with Gasteiger partial charge < -0.3 is 24.5 Å². The zero-order valence-corrected chi connectivity index (χ0v) is 19.6. The number of anilines is 1. The van der Waals surface area contributed by atoms with Crippen LogP contribution in [0.3, 0.4) is 0 Å². The van der Waals surface area contributed by atoms with Gasteiger partial charge in [-0.2, -0.15) is 0 Å². The van der Waals surface area contributed by atoms with Crippen LogP contribution in [0.25, 0.3) is 5.65 Å². The number of rotatable bonds is 8. The summed E-state index contributed by atoms with van der Waals surface area (Å²) in [5.41, 5.74) is 1.10. The van der Waals surface area contributed by atoms with E-state index in [-0.39, 0.29) is 49.4 Å². The molecule has 3 aromatic rings. The van der Waals surface area contributed by atoms with Gasteiger partial charge in [-0.25, -0.2) is 9.78 Å². The number of carboxylic acids is 1. The Bertz CT molecular complexity index is 1350. The second-order valence-electron chi connectivity index (χ2n) is 8.07. The first-order valence-electron chi connectivity index (χ1n) is 11.2. The molecular formula is C25H25N5O6. The fourth-order valence-electron chi connectivity index (χ4n) is 4.07. The third-order valence-electron chi connectivity index (χ3n) is 5.89. The number of nitrogens with zero attached hydrogens (tertiary/aromatic N) is 4. The normalized spacial score (nSPS) is 15.6. The number of hydrogen-bond donors (Lipinski definition) is 2. The van der Waals surface area contributed by atoms with Gasteiger partial charge in [0.1, 0.15) is 17.4 Å². The van der Waals surface area contributed by atoms with E-state index < -0.39 is 12.0 Å². The molecule has 0 saturated carbocycles. The van der Waals surface area contributed by atoms with Crippen LogP contribution in [0.2, 0.25) is 0 Å². The topological polar surface area (TPSA) is 134 Å². The zero-order valence-electron chi connectivity index (χ0n) is 19.6. The Labute approximate surface area is 206 Å². The second-order valence-corrected chi connectivity index (χ2v) is 8.07. The number of imidazole rings is 1. The SMILES string of the molecule is C=CC(=O)N1CCN(c2cn3cc(C(=O)NC)ccc3n2)C(=O)C1CCOc1cccc(C(=O)O)c1. The van der Waals surface area contributed by atoms with Crippen molar-refractivity contribution in [3.63, 3.8) is 0 Å². The van der Waals surface area contributed by atoms with Gasteiger partial charge in [0, 0.05) is 32.8 Å². The van der Waals surface area contributed by atoms with Gasteiger partial charge >= 0.3 is 5.97 Å². The van der Waals surface area contributed by atoms with E-state index in [1.54, 1.807) is 48.1 Å². The standard InChI is InChI=1S/C25H25N5O6/c1-3-22(31)29-10-11-30(21-15-28-14-17(23(32)26-2)7-8-20(28)27-21)24(33)19(29)9-12-36-18-6-4-5-16(13-18)25(34)35/h3-8,13-15,19H,1,9-12H2,2H3,(H,26,32)(H,34,35). The summed E-state index contributed by atoms with van der Waals surface area (Å²) in [6.45, 7) is 4.12. The van der Waals surface area contributed by atoms with E-state index >= 15 is 0 Å². The number of nitrogens with one attached hydrogen (secondary N) is 1. The number of aromatic carboxylic acids is 1. The summed E-state index contributed by atoms with van der Waals surface area (Å²) < 4.78 is 7.36. The molecule has 11 nitrogen and oxygen atoms in total. The summed E-state index contributed by atoms with van der Waals surface area (Å²) in [7, 11) is 1.54. The number of fused-ring (bicyclic) bond motifs is 1. The number of hydrogen-bond acceptors (Lipinski definition) is 6. The highest BCUT2D eigenvalue weighted by Crippen LogP contribution is 2.23. The number of carbonyl (C=O) groups excluding carboxylic acids is 3. The van der Waals surface area contributed by atoms with Crippen molar-refractivity contribution in [2.24, 2.45) is 0 Å². The molecule has 1 aliphatic rings. The lowest BCUT2D eigenvalue weighted by molar-refractivity contribution is -0.138. The van der Waals surface area contributed by atoms with Crippen LogP contribution in [0.1, 0.15) is 27.1 Å². The maximum absolute atomic E-state index is 13.5. The van der Waals surface area contributed by atoms with Crippen molar-refractivity contribution in [1.82, 2.24) is 19.6 Å². The maximum atomic E-state index is 13.5. The van der Waals surface area contributed by atoms with Crippen LogP contribution >= 0.6 is 0 Å². The molecule has 0 radical (unpaired) electrons. The highest BCUT2D eigenvalue weighted by atomic mass is 16.5. The van der Waals surface area contributed by atoms with Crippen LogP contribution < -0.4 is 15.0 Å². The summed E-state index contributed by atoms with van der Waals surface area (Å²) in [6.07, 6.45) is 4.64. The van der Waals surface area contributed by atoms with Gasteiger partial charge in [-0.1, -0.05) is 12.6 Å². The van der Waals surface area contributed by atoms with Gasteiger partial charge in [0.05, 0.1) is 23.9 Å².